The van der Waals surface area contributed by atoms with E-state index in [2.05, 4.69) is 4.72 Å². The van der Waals surface area contributed by atoms with Crippen LogP contribution in [0.1, 0.15) is 19.8 Å². The third-order valence-electron chi connectivity index (χ3n) is 1.93. The first-order valence-electron chi connectivity index (χ1n) is 4.52. The van der Waals surface area contributed by atoms with Gasteiger partial charge in [-0.25, -0.2) is 0 Å². The molecule has 0 spiro atoms. The monoisotopic (exact) mass is 238 g/mol. The Hall–Kier alpha value is -0.700. The largest absolute Gasteiger partial charge is 0.480 e. The summed E-state index contributed by atoms with van der Waals surface area (Å²) in [5.41, 5.74) is 0. The Morgan fingerprint density at radius 2 is 2.00 bits per heavy atom. The van der Waals surface area contributed by atoms with Gasteiger partial charge in [0.25, 0.3) is 10.2 Å². The van der Waals surface area contributed by atoms with E-state index in [0.29, 0.717) is 0 Å². The third-order valence-corrected chi connectivity index (χ3v) is 3.14. The average Bonchev–Trinajstić information content (AvgIpc) is 2.82. The summed E-state index contributed by atoms with van der Waals surface area (Å²) in [6.45, 7) is 1.21. The van der Waals surface area contributed by atoms with Crippen LogP contribution in [0.2, 0.25) is 0 Å². The van der Waals surface area contributed by atoms with Crippen LogP contribution in [-0.2, 0) is 15.0 Å². The molecule has 0 radical (unpaired) electrons. The van der Waals surface area contributed by atoms with Gasteiger partial charge in [-0.3, -0.25) is 4.79 Å². The fraction of sp³-hybridized carbons (Fsp3) is 0.857. The van der Waals surface area contributed by atoms with Gasteiger partial charge in [-0.1, -0.05) is 0 Å². The maximum atomic E-state index is 11.3. The lowest BCUT2D eigenvalue weighted by atomic mass is 10.2. The van der Waals surface area contributed by atoms with Gasteiger partial charge < -0.3 is 10.2 Å². The minimum Gasteiger partial charge on any atom is -0.480 e. The lowest BCUT2D eigenvalue weighted by Gasteiger charge is -2.17. The number of hydrogen-bond donors (Lipinski definition) is 4. The second-order valence-electron chi connectivity index (χ2n) is 3.57. The molecule has 0 saturated heterocycles. The second kappa shape index (κ2) is 4.44. The molecule has 1 fully saturated rings. The van der Waals surface area contributed by atoms with Gasteiger partial charge in [0.2, 0.25) is 0 Å². The van der Waals surface area contributed by atoms with Gasteiger partial charge in [0.1, 0.15) is 6.04 Å². The minimum absolute atomic E-state index is 0.106. The van der Waals surface area contributed by atoms with Gasteiger partial charge in [0.15, 0.2) is 0 Å². The average molecular weight is 238 g/mol. The van der Waals surface area contributed by atoms with Gasteiger partial charge in [-0.05, 0) is 19.8 Å². The summed E-state index contributed by atoms with van der Waals surface area (Å²) in [4.78, 5) is 10.6. The Kier molecular flexibility index (Phi) is 3.66. The van der Waals surface area contributed by atoms with Crippen molar-refractivity contribution in [3.05, 3.63) is 0 Å². The summed E-state index contributed by atoms with van der Waals surface area (Å²) in [6.07, 6.45) is 0.221. The molecule has 8 heteroatoms. The Balaban J connectivity index is 2.59. The fourth-order valence-corrected chi connectivity index (χ4v) is 2.35. The van der Waals surface area contributed by atoms with Crippen LogP contribution in [0.4, 0.5) is 0 Å². The van der Waals surface area contributed by atoms with Crippen molar-refractivity contribution in [1.29, 1.82) is 0 Å². The van der Waals surface area contributed by atoms with E-state index in [0.717, 1.165) is 12.8 Å². The number of hydrogen-bond acceptors (Lipinski definition) is 4. The number of nitrogens with one attached hydrogen (secondary N) is 2. The van der Waals surface area contributed by atoms with Crippen molar-refractivity contribution in [3.8, 4) is 0 Å². The lowest BCUT2D eigenvalue weighted by molar-refractivity contribution is -0.141. The molecule has 4 N–H and O–H groups in total. The maximum absolute atomic E-state index is 11.3. The molecule has 15 heavy (non-hydrogen) atoms. The van der Waals surface area contributed by atoms with Crippen molar-refractivity contribution in [2.45, 2.75) is 38.0 Å². The van der Waals surface area contributed by atoms with Crippen LogP contribution in [0.3, 0.4) is 0 Å². The summed E-state index contributed by atoms with van der Waals surface area (Å²) in [5.74, 6) is -1.41. The molecule has 2 atom stereocenters. The van der Waals surface area contributed by atoms with Gasteiger partial charge in [0, 0.05) is 6.04 Å². The fourth-order valence-electron chi connectivity index (χ4n) is 0.977. The van der Waals surface area contributed by atoms with E-state index in [1.165, 1.54) is 6.92 Å². The van der Waals surface area contributed by atoms with Crippen LogP contribution >= 0.6 is 0 Å². The molecule has 1 aliphatic rings. The van der Waals surface area contributed by atoms with E-state index < -0.39 is 28.3 Å². The first-order chi connectivity index (χ1) is 6.82. The van der Waals surface area contributed by atoms with Gasteiger partial charge in [0.05, 0.1) is 6.10 Å². The highest BCUT2D eigenvalue weighted by Gasteiger charge is 2.32. The van der Waals surface area contributed by atoms with Crippen LogP contribution in [0.15, 0.2) is 0 Å². The normalized spacial score (nSPS) is 20.9. The van der Waals surface area contributed by atoms with Crippen molar-refractivity contribution in [3.63, 3.8) is 0 Å². The number of rotatable bonds is 6. The topological polar surface area (TPSA) is 116 Å². The SMILES string of the molecule is C[C@@H](O)[C@H](NS(=O)(=O)NC1CC1)C(=O)O. The van der Waals surface area contributed by atoms with Gasteiger partial charge in [-0.2, -0.15) is 17.9 Å². The summed E-state index contributed by atoms with van der Waals surface area (Å²) >= 11 is 0. The highest BCUT2D eigenvalue weighted by Crippen LogP contribution is 2.19. The van der Waals surface area contributed by atoms with Crippen molar-refractivity contribution >= 4 is 16.2 Å². The van der Waals surface area contributed by atoms with E-state index in [1.807, 2.05) is 4.72 Å². The third kappa shape index (κ3) is 4.12. The molecule has 0 unspecified atom stereocenters. The summed E-state index contributed by atoms with van der Waals surface area (Å²) in [7, 11) is -3.85. The molecule has 7 nitrogen and oxygen atoms in total. The van der Waals surface area contributed by atoms with Crippen molar-refractivity contribution in [1.82, 2.24) is 9.44 Å². The Bertz CT molecular complexity index is 335. The molecule has 0 aromatic heterocycles. The molecule has 0 aromatic carbocycles. The van der Waals surface area contributed by atoms with E-state index in [4.69, 9.17) is 10.2 Å². The zero-order chi connectivity index (χ0) is 11.6. The number of aliphatic carboxylic acids is 1. The van der Waals surface area contributed by atoms with E-state index in [-0.39, 0.29) is 6.04 Å². The van der Waals surface area contributed by atoms with Crippen LogP contribution in [0.5, 0.6) is 0 Å². The quantitative estimate of drug-likeness (QED) is 0.445. The van der Waals surface area contributed by atoms with Crippen molar-refractivity contribution in [2.75, 3.05) is 0 Å². The number of aliphatic hydroxyl groups excluding tert-OH is 1. The molecule has 88 valence electrons. The maximum Gasteiger partial charge on any atom is 0.324 e. The number of carboxylic acids is 1. The predicted octanol–water partition coefficient (Wildman–Crippen LogP) is -1.59. The summed E-state index contributed by atoms with van der Waals surface area (Å²) in [5, 5.41) is 17.7. The second-order valence-corrected chi connectivity index (χ2v) is 5.05. The van der Waals surface area contributed by atoms with Gasteiger partial charge >= 0.3 is 5.97 Å². The molecule has 0 bridgehead atoms. The van der Waals surface area contributed by atoms with Crippen LogP contribution in [0.25, 0.3) is 0 Å². The predicted molar refractivity (Wildman–Crippen MR) is 51.3 cm³/mol. The van der Waals surface area contributed by atoms with E-state index in [9.17, 15) is 13.2 Å². The van der Waals surface area contributed by atoms with E-state index in [1.54, 1.807) is 0 Å². The number of carboxylic acid groups (broad SMARTS) is 1. The molecule has 1 rings (SSSR count). The Morgan fingerprint density at radius 3 is 2.33 bits per heavy atom. The van der Waals surface area contributed by atoms with E-state index >= 15 is 0 Å². The summed E-state index contributed by atoms with van der Waals surface area (Å²) in [6, 6.07) is -1.63. The zero-order valence-corrected chi connectivity index (χ0v) is 8.99. The standard InChI is InChI=1S/C7H14N2O5S/c1-4(10)6(7(11)12)9-15(13,14)8-5-2-3-5/h4-6,8-10H,2-3H2,1H3,(H,11,12)/t4-,6+/m1/s1. The highest BCUT2D eigenvalue weighted by atomic mass is 32.2. The van der Waals surface area contributed by atoms with Crippen molar-refractivity contribution < 1.29 is 23.4 Å². The lowest BCUT2D eigenvalue weighted by Crippen LogP contribution is -2.51. The molecule has 1 saturated carbocycles. The molecular formula is C7H14N2O5S. The number of carbonyl (C=O) groups is 1. The molecule has 1 aliphatic carbocycles. The van der Waals surface area contributed by atoms with Crippen LogP contribution in [-0.4, -0.2) is 42.8 Å². The van der Waals surface area contributed by atoms with Crippen molar-refractivity contribution in [2.24, 2.45) is 0 Å². The smallest absolute Gasteiger partial charge is 0.324 e. The molecular weight excluding hydrogens is 224 g/mol. The molecule has 0 amide bonds. The molecule has 0 heterocycles. The molecule has 0 aromatic rings. The Morgan fingerprint density at radius 1 is 1.47 bits per heavy atom. The minimum atomic E-state index is -3.85. The first kappa shape index (κ1) is 12.4. The highest BCUT2D eigenvalue weighted by molar-refractivity contribution is 7.87. The van der Waals surface area contributed by atoms with Gasteiger partial charge in [-0.15, -0.1) is 0 Å². The Labute approximate surface area is 87.7 Å². The van der Waals surface area contributed by atoms with Crippen LogP contribution < -0.4 is 9.44 Å². The molecule has 0 aliphatic heterocycles. The first-order valence-corrected chi connectivity index (χ1v) is 6.00. The number of aliphatic hydroxyl groups is 1. The summed E-state index contributed by atoms with van der Waals surface area (Å²) < 4.78 is 26.7. The van der Waals surface area contributed by atoms with Crippen LogP contribution in [0, 0.1) is 0 Å². The zero-order valence-electron chi connectivity index (χ0n) is 8.17.